The number of hydrogen-bond acceptors (Lipinski definition) is 6. The highest BCUT2D eigenvalue weighted by Crippen LogP contribution is 2.12. The van der Waals surface area contributed by atoms with Crippen LogP contribution in [-0.2, 0) is 28.6 Å². The summed E-state index contributed by atoms with van der Waals surface area (Å²) in [6, 6.07) is 0. The van der Waals surface area contributed by atoms with E-state index >= 15 is 0 Å². The molecule has 6 nitrogen and oxygen atoms in total. The second kappa shape index (κ2) is 60.6. The number of carbonyl (C=O) groups is 3. The summed E-state index contributed by atoms with van der Waals surface area (Å²) in [5.41, 5.74) is 0. The predicted octanol–water partition coefficient (Wildman–Crippen LogP) is 20.1. The molecule has 414 valence electrons. The Kier molecular flexibility index (Phi) is 56.5. The van der Waals surface area contributed by atoms with E-state index in [9.17, 15) is 14.4 Å². The molecule has 0 fully saturated rings. The van der Waals surface area contributed by atoms with E-state index in [0.717, 1.165) is 154 Å². The van der Waals surface area contributed by atoms with Crippen molar-refractivity contribution in [3.05, 3.63) is 158 Å². The lowest BCUT2D eigenvalue weighted by Crippen LogP contribution is -2.30. The van der Waals surface area contributed by atoms with Gasteiger partial charge in [-0.3, -0.25) is 14.4 Å². The van der Waals surface area contributed by atoms with Gasteiger partial charge in [0.25, 0.3) is 0 Å². The molecule has 0 spiro atoms. The maximum absolute atomic E-state index is 12.9. The number of rotatable bonds is 51. The first kappa shape index (κ1) is 69.0. The first-order valence-electron chi connectivity index (χ1n) is 29.5. The Morgan fingerprint density at radius 2 is 0.581 bits per heavy atom. The summed E-state index contributed by atoms with van der Waals surface area (Å²) in [7, 11) is 0. The average molecular weight is 1020 g/mol. The Morgan fingerprint density at radius 3 is 0.946 bits per heavy atom. The highest BCUT2D eigenvalue weighted by Gasteiger charge is 2.19. The molecular formula is C68H106O6. The van der Waals surface area contributed by atoms with Gasteiger partial charge < -0.3 is 14.2 Å². The van der Waals surface area contributed by atoms with Crippen molar-refractivity contribution >= 4 is 17.9 Å². The molecule has 0 aliphatic carbocycles. The molecule has 0 radical (unpaired) electrons. The molecule has 6 heteroatoms. The number of allylic oxidation sites excluding steroid dienone is 26. The van der Waals surface area contributed by atoms with Crippen molar-refractivity contribution in [2.24, 2.45) is 0 Å². The Balaban J connectivity index is 4.60. The van der Waals surface area contributed by atoms with Gasteiger partial charge in [-0.05, 0) is 135 Å². The van der Waals surface area contributed by atoms with E-state index in [1.165, 1.54) is 32.1 Å². The lowest BCUT2D eigenvalue weighted by molar-refractivity contribution is -0.167. The maximum Gasteiger partial charge on any atom is 0.306 e. The van der Waals surface area contributed by atoms with E-state index in [2.05, 4.69) is 179 Å². The number of carbonyl (C=O) groups excluding carboxylic acids is 3. The molecule has 0 aromatic heterocycles. The van der Waals surface area contributed by atoms with Crippen molar-refractivity contribution in [1.82, 2.24) is 0 Å². The molecule has 0 aromatic carbocycles. The smallest absolute Gasteiger partial charge is 0.306 e. The highest BCUT2D eigenvalue weighted by atomic mass is 16.6. The first-order valence-corrected chi connectivity index (χ1v) is 29.5. The molecule has 0 saturated carbocycles. The predicted molar refractivity (Wildman–Crippen MR) is 320 cm³/mol. The Labute approximate surface area is 454 Å². The van der Waals surface area contributed by atoms with Crippen molar-refractivity contribution in [2.75, 3.05) is 13.2 Å². The van der Waals surface area contributed by atoms with Crippen LogP contribution in [0.2, 0.25) is 0 Å². The van der Waals surface area contributed by atoms with Crippen LogP contribution in [0.1, 0.15) is 233 Å². The topological polar surface area (TPSA) is 78.9 Å². The zero-order valence-electron chi connectivity index (χ0n) is 47.3. The molecule has 1 atom stereocenters. The molecular weight excluding hydrogens is 913 g/mol. The third-order valence-electron chi connectivity index (χ3n) is 11.8. The molecule has 0 amide bonds. The lowest BCUT2D eigenvalue weighted by Gasteiger charge is -2.18. The highest BCUT2D eigenvalue weighted by molar-refractivity contribution is 5.71. The monoisotopic (exact) mass is 1020 g/mol. The maximum atomic E-state index is 12.9. The summed E-state index contributed by atoms with van der Waals surface area (Å²) in [5.74, 6) is -1.01. The van der Waals surface area contributed by atoms with E-state index in [0.29, 0.717) is 19.3 Å². The molecule has 1 unspecified atom stereocenters. The minimum atomic E-state index is -0.828. The molecule has 0 heterocycles. The van der Waals surface area contributed by atoms with Crippen LogP contribution < -0.4 is 0 Å². The number of esters is 3. The first-order chi connectivity index (χ1) is 36.5. The van der Waals surface area contributed by atoms with Crippen LogP contribution in [0, 0.1) is 0 Å². The van der Waals surface area contributed by atoms with Crippen molar-refractivity contribution in [1.29, 1.82) is 0 Å². The van der Waals surface area contributed by atoms with Gasteiger partial charge in [-0.2, -0.15) is 0 Å². The van der Waals surface area contributed by atoms with E-state index in [4.69, 9.17) is 14.2 Å². The standard InChI is InChI=1S/C68H106O6/c1-4-7-10-13-16-19-22-25-28-31-34-37-40-43-46-49-52-55-58-61-67(70)73-64-65(63-72-66(69)60-57-54-51-48-45-42-39-36-33-30-27-24-21-18-15-12-9-6-3)74-68(71)62-59-56-53-50-47-44-41-38-35-32-29-26-23-20-17-14-11-8-5-2/h7-8,10-11,16-17,19-20,24-30,33-39,43-44,46-47,65H,4-6,9,12-15,18,21-23,31-32,40-42,45,48-64H2,1-3H3/b10-7-,11-8-,19-16-,20-17-,27-24-,28-25-,29-26-,33-30-,37-34-,38-35-,39-36-,46-43-,47-44-. The molecule has 0 aliphatic rings. The lowest BCUT2D eigenvalue weighted by atomic mass is 10.1. The fourth-order valence-electron chi connectivity index (χ4n) is 7.44. The molecule has 0 aliphatic heterocycles. The minimum Gasteiger partial charge on any atom is -0.462 e. The van der Waals surface area contributed by atoms with Crippen LogP contribution in [0.25, 0.3) is 0 Å². The quantitative estimate of drug-likeness (QED) is 0.0199. The van der Waals surface area contributed by atoms with Gasteiger partial charge in [-0.25, -0.2) is 0 Å². The second-order valence-corrected chi connectivity index (χ2v) is 18.8. The van der Waals surface area contributed by atoms with Crippen LogP contribution in [0.4, 0.5) is 0 Å². The zero-order chi connectivity index (χ0) is 53.6. The van der Waals surface area contributed by atoms with Crippen LogP contribution in [0.15, 0.2) is 158 Å². The van der Waals surface area contributed by atoms with Crippen molar-refractivity contribution < 1.29 is 28.6 Å². The summed E-state index contributed by atoms with van der Waals surface area (Å²) in [6.07, 6.45) is 88.0. The average Bonchev–Trinajstić information content (AvgIpc) is 3.40. The van der Waals surface area contributed by atoms with E-state index < -0.39 is 6.10 Å². The van der Waals surface area contributed by atoms with Gasteiger partial charge in [0.15, 0.2) is 6.10 Å². The zero-order valence-corrected chi connectivity index (χ0v) is 47.3. The van der Waals surface area contributed by atoms with Gasteiger partial charge in [0.05, 0.1) is 0 Å². The van der Waals surface area contributed by atoms with Crippen LogP contribution in [0.5, 0.6) is 0 Å². The number of unbranched alkanes of at least 4 members (excludes halogenated alkanes) is 16. The third-order valence-corrected chi connectivity index (χ3v) is 11.8. The van der Waals surface area contributed by atoms with Crippen LogP contribution in [-0.4, -0.2) is 37.2 Å². The SMILES string of the molecule is CC/C=C\C/C=C\C/C=C\C/C=C\C/C=C\CCCCCC(=O)OCC(COC(=O)CCCCCCC\C=C/C=C\C=C/CCCCCCC)OC(=O)CCCCC/C=C\C/C=C\C/C=C\C/C=C\C/C=C\CC. The second-order valence-electron chi connectivity index (χ2n) is 18.8. The van der Waals surface area contributed by atoms with E-state index in [1.54, 1.807) is 0 Å². The van der Waals surface area contributed by atoms with Crippen molar-refractivity contribution in [2.45, 2.75) is 239 Å². The summed E-state index contributed by atoms with van der Waals surface area (Å²) < 4.78 is 16.8. The Bertz CT molecular complexity index is 1690. The Morgan fingerprint density at radius 1 is 0.297 bits per heavy atom. The minimum absolute atomic E-state index is 0.120. The number of ether oxygens (including phenoxy) is 3. The fraction of sp³-hybridized carbons (Fsp3) is 0.574. The van der Waals surface area contributed by atoms with Gasteiger partial charge in [0.1, 0.15) is 13.2 Å². The summed E-state index contributed by atoms with van der Waals surface area (Å²) in [5, 5.41) is 0. The summed E-state index contributed by atoms with van der Waals surface area (Å²) in [4.78, 5) is 38.2. The molecule has 0 rings (SSSR count). The molecule has 74 heavy (non-hydrogen) atoms. The fourth-order valence-corrected chi connectivity index (χ4v) is 7.44. The summed E-state index contributed by atoms with van der Waals surface area (Å²) in [6.45, 7) is 6.31. The third kappa shape index (κ3) is 57.9. The molecule has 0 saturated heterocycles. The molecule has 0 aromatic rings. The number of hydrogen-bond donors (Lipinski definition) is 0. The normalized spacial score (nSPS) is 13.3. The van der Waals surface area contributed by atoms with Crippen molar-refractivity contribution in [3.8, 4) is 0 Å². The van der Waals surface area contributed by atoms with Crippen LogP contribution >= 0.6 is 0 Å². The van der Waals surface area contributed by atoms with Crippen LogP contribution in [0.3, 0.4) is 0 Å². The molecule has 0 N–H and O–H groups in total. The van der Waals surface area contributed by atoms with Gasteiger partial charge in [0, 0.05) is 19.3 Å². The molecule has 0 bridgehead atoms. The van der Waals surface area contributed by atoms with Gasteiger partial charge in [-0.1, -0.05) is 237 Å². The van der Waals surface area contributed by atoms with Crippen molar-refractivity contribution in [3.63, 3.8) is 0 Å². The summed E-state index contributed by atoms with van der Waals surface area (Å²) >= 11 is 0. The van der Waals surface area contributed by atoms with E-state index in [1.807, 2.05) is 0 Å². The Hall–Kier alpha value is -4.97. The van der Waals surface area contributed by atoms with Gasteiger partial charge >= 0.3 is 17.9 Å². The van der Waals surface area contributed by atoms with Gasteiger partial charge in [0.2, 0.25) is 0 Å². The van der Waals surface area contributed by atoms with E-state index in [-0.39, 0.29) is 37.5 Å². The van der Waals surface area contributed by atoms with Gasteiger partial charge in [-0.15, -0.1) is 0 Å². The largest absolute Gasteiger partial charge is 0.462 e.